The SMILES string of the molecule is COc1cc(C)cc(C)c1C(N)CCC(F)(F)F. The van der Waals surface area contributed by atoms with Crippen molar-refractivity contribution in [2.45, 2.75) is 38.9 Å². The molecule has 0 amide bonds. The number of halogens is 3. The molecule has 2 N–H and O–H groups in total. The highest BCUT2D eigenvalue weighted by molar-refractivity contribution is 5.44. The molecular weight excluding hydrogens is 243 g/mol. The van der Waals surface area contributed by atoms with Crippen LogP contribution in [0.3, 0.4) is 0 Å². The molecule has 0 bridgehead atoms. The van der Waals surface area contributed by atoms with E-state index in [-0.39, 0.29) is 6.42 Å². The van der Waals surface area contributed by atoms with Gasteiger partial charge < -0.3 is 10.5 Å². The fourth-order valence-electron chi connectivity index (χ4n) is 2.05. The molecule has 1 rings (SSSR count). The second kappa shape index (κ2) is 5.61. The highest BCUT2D eigenvalue weighted by atomic mass is 19.4. The van der Waals surface area contributed by atoms with E-state index in [9.17, 15) is 13.2 Å². The molecule has 1 unspecified atom stereocenters. The highest BCUT2D eigenvalue weighted by Gasteiger charge is 2.28. The molecule has 18 heavy (non-hydrogen) atoms. The Morgan fingerprint density at radius 1 is 1.28 bits per heavy atom. The molecule has 0 aliphatic heterocycles. The number of benzene rings is 1. The number of methoxy groups -OCH3 is 1. The van der Waals surface area contributed by atoms with Crippen molar-refractivity contribution < 1.29 is 17.9 Å². The van der Waals surface area contributed by atoms with Gasteiger partial charge in [-0.3, -0.25) is 0 Å². The van der Waals surface area contributed by atoms with Gasteiger partial charge >= 0.3 is 6.18 Å². The summed E-state index contributed by atoms with van der Waals surface area (Å²) in [6.07, 6.45) is -5.20. The van der Waals surface area contributed by atoms with Gasteiger partial charge in [-0.05, 0) is 37.5 Å². The van der Waals surface area contributed by atoms with Crippen LogP contribution in [0.25, 0.3) is 0 Å². The van der Waals surface area contributed by atoms with Crippen LogP contribution in [0.5, 0.6) is 5.75 Å². The Kier molecular flexibility index (Phi) is 4.62. The monoisotopic (exact) mass is 261 g/mol. The number of hydrogen-bond acceptors (Lipinski definition) is 2. The minimum atomic E-state index is -4.18. The molecule has 0 fully saturated rings. The Balaban J connectivity index is 2.94. The van der Waals surface area contributed by atoms with Gasteiger partial charge in [-0.2, -0.15) is 13.2 Å². The Bertz CT molecular complexity index is 415. The van der Waals surface area contributed by atoms with Gasteiger partial charge in [0.15, 0.2) is 0 Å². The molecule has 0 aliphatic rings. The highest BCUT2D eigenvalue weighted by Crippen LogP contribution is 2.33. The molecule has 1 aromatic rings. The fourth-order valence-corrected chi connectivity index (χ4v) is 2.05. The van der Waals surface area contributed by atoms with Crippen LogP contribution in [-0.4, -0.2) is 13.3 Å². The molecule has 2 nitrogen and oxygen atoms in total. The number of nitrogens with two attached hydrogens (primary N) is 1. The second-order valence-corrected chi connectivity index (χ2v) is 4.46. The van der Waals surface area contributed by atoms with E-state index in [1.54, 1.807) is 6.07 Å². The summed E-state index contributed by atoms with van der Waals surface area (Å²) in [5.74, 6) is 0.558. The minimum Gasteiger partial charge on any atom is -0.496 e. The molecule has 0 radical (unpaired) electrons. The lowest BCUT2D eigenvalue weighted by Crippen LogP contribution is -2.17. The van der Waals surface area contributed by atoms with Crippen LogP contribution in [0.2, 0.25) is 0 Å². The quantitative estimate of drug-likeness (QED) is 0.897. The molecule has 0 saturated carbocycles. The van der Waals surface area contributed by atoms with E-state index in [1.807, 2.05) is 19.9 Å². The van der Waals surface area contributed by atoms with E-state index in [0.29, 0.717) is 11.3 Å². The van der Waals surface area contributed by atoms with Crippen molar-refractivity contribution >= 4 is 0 Å². The topological polar surface area (TPSA) is 35.2 Å². The summed E-state index contributed by atoms with van der Waals surface area (Å²) in [6.45, 7) is 3.73. The second-order valence-electron chi connectivity index (χ2n) is 4.46. The van der Waals surface area contributed by atoms with E-state index < -0.39 is 18.6 Å². The van der Waals surface area contributed by atoms with E-state index in [0.717, 1.165) is 11.1 Å². The smallest absolute Gasteiger partial charge is 0.389 e. The first kappa shape index (κ1) is 14.8. The van der Waals surface area contributed by atoms with Gasteiger partial charge in [-0.15, -0.1) is 0 Å². The molecule has 0 spiro atoms. The molecule has 0 aromatic heterocycles. The Labute approximate surface area is 105 Å². The third-order valence-corrected chi connectivity index (χ3v) is 2.82. The first-order chi connectivity index (χ1) is 8.24. The first-order valence-electron chi connectivity index (χ1n) is 5.72. The number of ether oxygens (including phenoxy) is 1. The van der Waals surface area contributed by atoms with Crippen LogP contribution < -0.4 is 10.5 Å². The van der Waals surface area contributed by atoms with Gasteiger partial charge in [0.05, 0.1) is 7.11 Å². The van der Waals surface area contributed by atoms with Gasteiger partial charge in [-0.1, -0.05) is 6.07 Å². The van der Waals surface area contributed by atoms with Crippen LogP contribution in [0, 0.1) is 13.8 Å². The Morgan fingerprint density at radius 3 is 2.39 bits per heavy atom. The van der Waals surface area contributed by atoms with Crippen LogP contribution >= 0.6 is 0 Å². The third-order valence-electron chi connectivity index (χ3n) is 2.82. The summed E-state index contributed by atoms with van der Waals surface area (Å²) in [6, 6.07) is 3.02. The van der Waals surface area contributed by atoms with Gasteiger partial charge in [0.25, 0.3) is 0 Å². The standard InChI is InChI=1S/C13H18F3NO/c1-8-6-9(2)12(11(7-8)18-3)10(17)4-5-13(14,15)16/h6-7,10H,4-5,17H2,1-3H3. The molecule has 1 aromatic carbocycles. The average Bonchev–Trinajstić information content (AvgIpc) is 2.23. The number of alkyl halides is 3. The normalized spacial score (nSPS) is 13.5. The largest absolute Gasteiger partial charge is 0.496 e. The van der Waals surface area contributed by atoms with Crippen molar-refractivity contribution in [1.29, 1.82) is 0 Å². The van der Waals surface area contributed by atoms with Gasteiger partial charge in [0.1, 0.15) is 5.75 Å². The van der Waals surface area contributed by atoms with Crippen molar-refractivity contribution in [2.75, 3.05) is 7.11 Å². The lowest BCUT2D eigenvalue weighted by Gasteiger charge is -2.19. The molecule has 1 atom stereocenters. The summed E-state index contributed by atoms with van der Waals surface area (Å²) >= 11 is 0. The molecule has 0 heterocycles. The zero-order chi connectivity index (χ0) is 13.9. The minimum absolute atomic E-state index is 0.135. The number of rotatable bonds is 4. The van der Waals surface area contributed by atoms with Crippen LogP contribution in [0.15, 0.2) is 12.1 Å². The van der Waals surface area contributed by atoms with Gasteiger partial charge in [-0.25, -0.2) is 0 Å². The van der Waals surface area contributed by atoms with Crippen molar-refractivity contribution in [1.82, 2.24) is 0 Å². The van der Waals surface area contributed by atoms with E-state index in [4.69, 9.17) is 10.5 Å². The Hall–Kier alpha value is -1.23. The van der Waals surface area contributed by atoms with Crippen molar-refractivity contribution in [3.8, 4) is 5.75 Å². The molecule has 5 heteroatoms. The van der Waals surface area contributed by atoms with Crippen molar-refractivity contribution in [3.05, 3.63) is 28.8 Å². The zero-order valence-corrected chi connectivity index (χ0v) is 10.8. The Morgan fingerprint density at radius 2 is 1.89 bits per heavy atom. The number of hydrogen-bond donors (Lipinski definition) is 1. The van der Waals surface area contributed by atoms with Crippen LogP contribution in [0.1, 0.15) is 35.6 Å². The summed E-state index contributed by atoms with van der Waals surface area (Å²) < 4.78 is 41.8. The summed E-state index contributed by atoms with van der Waals surface area (Å²) in [5.41, 5.74) is 8.37. The lowest BCUT2D eigenvalue weighted by atomic mass is 9.95. The first-order valence-corrected chi connectivity index (χ1v) is 5.72. The molecule has 102 valence electrons. The number of aryl methyl sites for hydroxylation is 2. The zero-order valence-electron chi connectivity index (χ0n) is 10.8. The maximum absolute atomic E-state index is 12.2. The molecule has 0 aliphatic carbocycles. The van der Waals surface area contributed by atoms with E-state index in [2.05, 4.69) is 0 Å². The molecule has 0 saturated heterocycles. The maximum atomic E-state index is 12.2. The lowest BCUT2D eigenvalue weighted by molar-refractivity contribution is -0.136. The summed E-state index contributed by atoms with van der Waals surface area (Å²) in [7, 11) is 1.49. The average molecular weight is 261 g/mol. The van der Waals surface area contributed by atoms with Gasteiger partial charge in [0.2, 0.25) is 0 Å². The summed E-state index contributed by atoms with van der Waals surface area (Å²) in [4.78, 5) is 0. The van der Waals surface area contributed by atoms with E-state index in [1.165, 1.54) is 7.11 Å². The molecular formula is C13H18F3NO. The van der Waals surface area contributed by atoms with Gasteiger partial charge in [0, 0.05) is 18.0 Å². The fraction of sp³-hybridized carbons (Fsp3) is 0.538. The summed E-state index contributed by atoms with van der Waals surface area (Å²) in [5, 5.41) is 0. The van der Waals surface area contributed by atoms with Crippen molar-refractivity contribution in [3.63, 3.8) is 0 Å². The maximum Gasteiger partial charge on any atom is 0.389 e. The van der Waals surface area contributed by atoms with Crippen LogP contribution in [-0.2, 0) is 0 Å². The predicted molar refractivity (Wildman–Crippen MR) is 64.7 cm³/mol. The predicted octanol–water partition coefficient (Wildman–Crippen LogP) is 3.65. The van der Waals surface area contributed by atoms with Crippen molar-refractivity contribution in [2.24, 2.45) is 5.73 Å². The van der Waals surface area contributed by atoms with E-state index >= 15 is 0 Å². The third kappa shape index (κ3) is 3.91. The van der Waals surface area contributed by atoms with Crippen LogP contribution in [0.4, 0.5) is 13.2 Å².